The summed E-state index contributed by atoms with van der Waals surface area (Å²) in [5, 5.41) is 3.71. The zero-order valence-corrected chi connectivity index (χ0v) is 13.3. The summed E-state index contributed by atoms with van der Waals surface area (Å²) in [7, 11) is 0. The largest absolute Gasteiger partial charge is 0.309 e. The van der Waals surface area contributed by atoms with Crippen LogP contribution in [0.1, 0.15) is 44.7 Å². The van der Waals surface area contributed by atoms with Crippen LogP contribution >= 0.6 is 0 Å². The number of benzene rings is 1. The Hall–Kier alpha value is -0.860. The average Bonchev–Trinajstić information content (AvgIpc) is 2.34. The van der Waals surface area contributed by atoms with Gasteiger partial charge in [-0.15, -0.1) is 0 Å². The molecule has 1 aliphatic carbocycles. The first-order chi connectivity index (χ1) is 9.46. The predicted octanol–water partition coefficient (Wildman–Crippen LogP) is 3.03. The summed E-state index contributed by atoms with van der Waals surface area (Å²) in [5.74, 6) is 1.47. The fraction of sp³-hybridized carbons (Fsp3) is 0.667. The molecule has 0 spiro atoms. The molecular formula is C18H28N2. The van der Waals surface area contributed by atoms with E-state index in [2.05, 4.69) is 62.2 Å². The minimum absolute atomic E-state index is 0.245. The third kappa shape index (κ3) is 2.64. The molecule has 1 aromatic carbocycles. The van der Waals surface area contributed by atoms with Crippen LogP contribution in [0.25, 0.3) is 0 Å². The van der Waals surface area contributed by atoms with Crippen molar-refractivity contribution in [2.75, 3.05) is 19.6 Å². The highest BCUT2D eigenvalue weighted by Gasteiger charge is 2.37. The Morgan fingerprint density at radius 3 is 2.75 bits per heavy atom. The lowest BCUT2D eigenvalue weighted by Gasteiger charge is -2.48. The summed E-state index contributed by atoms with van der Waals surface area (Å²) in [6.07, 6.45) is 1.27. The maximum atomic E-state index is 3.71. The Morgan fingerprint density at radius 1 is 1.30 bits per heavy atom. The highest BCUT2D eigenvalue weighted by Crippen LogP contribution is 2.36. The second kappa shape index (κ2) is 5.16. The quantitative estimate of drug-likeness (QED) is 0.910. The Morgan fingerprint density at radius 2 is 2.05 bits per heavy atom. The molecule has 1 aliphatic heterocycles. The van der Waals surface area contributed by atoms with Gasteiger partial charge < -0.3 is 5.32 Å². The molecule has 3 rings (SSSR count). The lowest BCUT2D eigenvalue weighted by molar-refractivity contribution is 0.0616. The summed E-state index contributed by atoms with van der Waals surface area (Å²) in [6, 6.07) is 9.64. The van der Waals surface area contributed by atoms with Crippen LogP contribution < -0.4 is 5.32 Å². The number of rotatable bonds is 3. The smallest absolute Gasteiger partial charge is 0.0252 e. The van der Waals surface area contributed by atoms with Crippen molar-refractivity contribution in [3.05, 3.63) is 35.4 Å². The lowest BCUT2D eigenvalue weighted by atomic mass is 9.76. The standard InChI is InChI=1S/C18H28N2/c1-13(2)17-10-19-18(3,4)12-20(17)11-15-9-14-7-5-6-8-16(14)15/h5-8,13,15,17,19H,9-12H2,1-4H3. The van der Waals surface area contributed by atoms with Gasteiger partial charge in [0, 0.05) is 37.1 Å². The van der Waals surface area contributed by atoms with E-state index in [0.717, 1.165) is 19.0 Å². The molecule has 2 aliphatic rings. The Balaban J connectivity index is 1.71. The van der Waals surface area contributed by atoms with Crippen LogP contribution in [0.15, 0.2) is 24.3 Å². The molecule has 2 unspecified atom stereocenters. The Labute approximate surface area is 123 Å². The third-order valence-corrected chi connectivity index (χ3v) is 5.04. The molecule has 2 nitrogen and oxygen atoms in total. The number of hydrogen-bond donors (Lipinski definition) is 1. The number of nitrogens with zero attached hydrogens (tertiary/aromatic N) is 1. The average molecular weight is 272 g/mol. The van der Waals surface area contributed by atoms with Gasteiger partial charge in [-0.1, -0.05) is 38.1 Å². The number of nitrogens with one attached hydrogen (secondary N) is 1. The van der Waals surface area contributed by atoms with E-state index in [1.54, 1.807) is 11.1 Å². The topological polar surface area (TPSA) is 15.3 Å². The second-order valence-electron chi connectivity index (χ2n) is 7.61. The van der Waals surface area contributed by atoms with Crippen molar-refractivity contribution in [2.45, 2.75) is 51.6 Å². The van der Waals surface area contributed by atoms with E-state index in [9.17, 15) is 0 Å². The summed E-state index contributed by atoms with van der Waals surface area (Å²) in [5.41, 5.74) is 3.40. The SMILES string of the molecule is CC(C)C1CNC(C)(C)CN1CC1Cc2ccccc21. The van der Waals surface area contributed by atoms with Gasteiger partial charge in [0.15, 0.2) is 0 Å². The van der Waals surface area contributed by atoms with Crippen molar-refractivity contribution < 1.29 is 0 Å². The first-order valence-corrected chi connectivity index (χ1v) is 8.03. The third-order valence-electron chi connectivity index (χ3n) is 5.04. The number of fused-ring (bicyclic) bond motifs is 1. The molecule has 0 saturated carbocycles. The fourth-order valence-electron chi connectivity index (χ4n) is 3.86. The van der Waals surface area contributed by atoms with Crippen molar-refractivity contribution in [3.8, 4) is 0 Å². The van der Waals surface area contributed by atoms with Crippen LogP contribution in [0.5, 0.6) is 0 Å². The van der Waals surface area contributed by atoms with Gasteiger partial charge in [0.05, 0.1) is 0 Å². The Bertz CT molecular complexity index is 478. The van der Waals surface area contributed by atoms with Gasteiger partial charge in [0.1, 0.15) is 0 Å². The first kappa shape index (κ1) is 14.1. The molecular weight excluding hydrogens is 244 g/mol. The summed E-state index contributed by atoms with van der Waals surface area (Å²) in [6.45, 7) is 12.9. The lowest BCUT2D eigenvalue weighted by Crippen LogP contribution is -2.63. The van der Waals surface area contributed by atoms with E-state index < -0.39 is 0 Å². The van der Waals surface area contributed by atoms with E-state index in [1.165, 1.54) is 13.0 Å². The molecule has 1 saturated heterocycles. The monoisotopic (exact) mass is 272 g/mol. The van der Waals surface area contributed by atoms with Gasteiger partial charge in [-0.3, -0.25) is 4.90 Å². The van der Waals surface area contributed by atoms with Crippen LogP contribution in [0, 0.1) is 5.92 Å². The van der Waals surface area contributed by atoms with Crippen LogP contribution in [0.2, 0.25) is 0 Å². The number of hydrogen-bond acceptors (Lipinski definition) is 2. The predicted molar refractivity (Wildman–Crippen MR) is 85.2 cm³/mol. The first-order valence-electron chi connectivity index (χ1n) is 8.03. The molecule has 0 radical (unpaired) electrons. The molecule has 2 heteroatoms. The molecule has 0 amide bonds. The molecule has 1 N–H and O–H groups in total. The van der Waals surface area contributed by atoms with Crippen LogP contribution in [-0.2, 0) is 6.42 Å². The van der Waals surface area contributed by atoms with Crippen molar-refractivity contribution >= 4 is 0 Å². The van der Waals surface area contributed by atoms with Gasteiger partial charge >= 0.3 is 0 Å². The second-order valence-corrected chi connectivity index (χ2v) is 7.61. The van der Waals surface area contributed by atoms with E-state index >= 15 is 0 Å². The fourth-order valence-corrected chi connectivity index (χ4v) is 3.86. The molecule has 20 heavy (non-hydrogen) atoms. The molecule has 1 fully saturated rings. The maximum Gasteiger partial charge on any atom is 0.0252 e. The number of piperazine rings is 1. The molecule has 110 valence electrons. The molecule has 0 bridgehead atoms. The zero-order valence-electron chi connectivity index (χ0n) is 13.3. The van der Waals surface area contributed by atoms with Gasteiger partial charge in [0.2, 0.25) is 0 Å². The van der Waals surface area contributed by atoms with Crippen molar-refractivity contribution in [1.82, 2.24) is 10.2 Å². The summed E-state index contributed by atoms with van der Waals surface area (Å²) < 4.78 is 0. The minimum Gasteiger partial charge on any atom is -0.309 e. The van der Waals surface area contributed by atoms with Crippen molar-refractivity contribution in [2.24, 2.45) is 5.92 Å². The van der Waals surface area contributed by atoms with Crippen LogP contribution in [-0.4, -0.2) is 36.1 Å². The highest BCUT2D eigenvalue weighted by atomic mass is 15.3. The van der Waals surface area contributed by atoms with E-state index in [-0.39, 0.29) is 5.54 Å². The minimum atomic E-state index is 0.245. The molecule has 0 aromatic heterocycles. The van der Waals surface area contributed by atoms with Crippen LogP contribution in [0.4, 0.5) is 0 Å². The van der Waals surface area contributed by atoms with Crippen molar-refractivity contribution in [3.63, 3.8) is 0 Å². The summed E-state index contributed by atoms with van der Waals surface area (Å²) >= 11 is 0. The van der Waals surface area contributed by atoms with Gasteiger partial charge in [0.25, 0.3) is 0 Å². The van der Waals surface area contributed by atoms with E-state index in [1.807, 2.05) is 0 Å². The van der Waals surface area contributed by atoms with Crippen molar-refractivity contribution in [1.29, 1.82) is 0 Å². The summed E-state index contributed by atoms with van der Waals surface area (Å²) in [4.78, 5) is 2.74. The van der Waals surface area contributed by atoms with Gasteiger partial charge in [-0.05, 0) is 37.3 Å². The van der Waals surface area contributed by atoms with Gasteiger partial charge in [-0.25, -0.2) is 0 Å². The Kier molecular flexibility index (Phi) is 3.64. The molecule has 1 aromatic rings. The van der Waals surface area contributed by atoms with Gasteiger partial charge in [-0.2, -0.15) is 0 Å². The maximum absolute atomic E-state index is 3.71. The highest BCUT2D eigenvalue weighted by molar-refractivity contribution is 5.40. The normalized spacial score (nSPS) is 29.1. The molecule has 1 heterocycles. The van der Waals surface area contributed by atoms with E-state index in [0.29, 0.717) is 12.0 Å². The molecule has 2 atom stereocenters. The zero-order chi connectivity index (χ0) is 14.3. The van der Waals surface area contributed by atoms with Crippen LogP contribution in [0.3, 0.4) is 0 Å². The van der Waals surface area contributed by atoms with E-state index in [4.69, 9.17) is 0 Å².